The van der Waals surface area contributed by atoms with Crippen LogP contribution in [0.2, 0.25) is 0 Å². The quantitative estimate of drug-likeness (QED) is 0.297. The molecular weight excluding hydrogens is 516 g/mol. The Kier molecular flexibility index (Phi) is 5.99. The van der Waals surface area contributed by atoms with Crippen molar-refractivity contribution in [1.82, 2.24) is 4.98 Å². The minimum Gasteiger partial charge on any atom is -0.494 e. The van der Waals surface area contributed by atoms with Gasteiger partial charge >= 0.3 is 0 Å². The van der Waals surface area contributed by atoms with Gasteiger partial charge in [0.05, 0.1) is 22.5 Å². The molecule has 1 amide bonds. The molecule has 0 aliphatic heterocycles. The Morgan fingerprint density at radius 1 is 1.10 bits per heavy atom. The van der Waals surface area contributed by atoms with Gasteiger partial charge in [0.25, 0.3) is 5.91 Å². The highest BCUT2D eigenvalue weighted by molar-refractivity contribution is 9.11. The van der Waals surface area contributed by atoms with Crippen molar-refractivity contribution >= 4 is 65.0 Å². The average Bonchev–Trinajstić information content (AvgIpc) is 3.14. The normalized spacial score (nSPS) is 10.9. The standard InChI is InChI=1S/C22H16Br2N2O2S/c1-2-28-15-9-7-13(8-10-15)21(27)26-20-16(11-14(23)12-17(20)24)22-25-18-5-3-4-6-19(18)29-22/h3-12H,2H2,1H3,(H,26,27). The smallest absolute Gasteiger partial charge is 0.255 e. The van der Waals surface area contributed by atoms with Crippen LogP contribution in [0.15, 0.2) is 69.6 Å². The van der Waals surface area contributed by atoms with Crippen LogP contribution in [-0.2, 0) is 0 Å². The summed E-state index contributed by atoms with van der Waals surface area (Å²) in [7, 11) is 0. The molecule has 0 radical (unpaired) electrons. The number of carbonyl (C=O) groups excluding carboxylic acids is 1. The third kappa shape index (κ3) is 4.37. The molecule has 1 aromatic heterocycles. The number of thiazole rings is 1. The molecule has 0 aliphatic rings. The summed E-state index contributed by atoms with van der Waals surface area (Å²) in [6.45, 7) is 2.51. The largest absolute Gasteiger partial charge is 0.494 e. The fourth-order valence-corrected chi connectivity index (χ4v) is 5.22. The van der Waals surface area contributed by atoms with Crippen molar-refractivity contribution in [2.45, 2.75) is 6.92 Å². The third-order valence-corrected chi connectivity index (χ3v) is 6.40. The van der Waals surface area contributed by atoms with Gasteiger partial charge < -0.3 is 10.1 Å². The van der Waals surface area contributed by atoms with Crippen molar-refractivity contribution in [3.8, 4) is 16.3 Å². The summed E-state index contributed by atoms with van der Waals surface area (Å²) in [6, 6.07) is 19.0. The number of aromatic nitrogens is 1. The molecule has 3 aromatic carbocycles. The number of benzene rings is 3. The number of carbonyl (C=O) groups is 1. The fraction of sp³-hybridized carbons (Fsp3) is 0.0909. The van der Waals surface area contributed by atoms with Gasteiger partial charge in [0.1, 0.15) is 10.8 Å². The fourth-order valence-electron chi connectivity index (χ4n) is 2.91. The first-order valence-corrected chi connectivity index (χ1v) is 11.3. The molecule has 0 unspecified atom stereocenters. The number of nitrogens with one attached hydrogen (secondary N) is 1. The second kappa shape index (κ2) is 8.65. The second-order valence-corrected chi connectivity index (χ2v) is 9.01. The zero-order chi connectivity index (χ0) is 20.4. The Labute approximate surface area is 189 Å². The first-order valence-electron chi connectivity index (χ1n) is 8.94. The summed E-state index contributed by atoms with van der Waals surface area (Å²) in [6.07, 6.45) is 0. The highest BCUT2D eigenvalue weighted by Crippen LogP contribution is 2.40. The van der Waals surface area contributed by atoms with E-state index < -0.39 is 0 Å². The van der Waals surface area contributed by atoms with E-state index in [0.717, 1.165) is 35.5 Å². The van der Waals surface area contributed by atoms with E-state index in [0.29, 0.717) is 17.9 Å². The molecule has 4 nitrogen and oxygen atoms in total. The molecule has 0 fully saturated rings. The van der Waals surface area contributed by atoms with E-state index in [4.69, 9.17) is 9.72 Å². The van der Waals surface area contributed by atoms with Crippen molar-refractivity contribution in [2.75, 3.05) is 11.9 Å². The SMILES string of the molecule is CCOc1ccc(C(=O)Nc2c(Br)cc(Br)cc2-c2nc3ccccc3s2)cc1. The summed E-state index contributed by atoms with van der Waals surface area (Å²) >= 11 is 8.72. The van der Waals surface area contributed by atoms with Gasteiger partial charge in [-0.3, -0.25) is 4.79 Å². The molecule has 0 aliphatic carbocycles. The summed E-state index contributed by atoms with van der Waals surface area (Å²) in [5.41, 5.74) is 3.03. The van der Waals surface area contributed by atoms with Crippen molar-refractivity contribution in [2.24, 2.45) is 0 Å². The van der Waals surface area contributed by atoms with Crippen molar-refractivity contribution in [3.63, 3.8) is 0 Å². The average molecular weight is 532 g/mol. The van der Waals surface area contributed by atoms with Gasteiger partial charge in [-0.1, -0.05) is 28.1 Å². The molecule has 1 N–H and O–H groups in total. The molecule has 7 heteroatoms. The van der Waals surface area contributed by atoms with E-state index in [1.54, 1.807) is 35.6 Å². The molecule has 146 valence electrons. The molecule has 0 spiro atoms. The summed E-state index contributed by atoms with van der Waals surface area (Å²) in [4.78, 5) is 17.6. The Hall–Kier alpha value is -2.22. The number of hydrogen-bond acceptors (Lipinski definition) is 4. The van der Waals surface area contributed by atoms with Gasteiger partial charge in [-0.15, -0.1) is 11.3 Å². The molecule has 0 atom stereocenters. The predicted octanol–water partition coefficient (Wildman–Crippen LogP) is 7.14. The molecule has 0 bridgehead atoms. The number of rotatable bonds is 5. The van der Waals surface area contributed by atoms with Crippen molar-refractivity contribution in [1.29, 1.82) is 0 Å². The maximum atomic E-state index is 12.9. The number of amides is 1. The predicted molar refractivity (Wildman–Crippen MR) is 126 cm³/mol. The van der Waals surface area contributed by atoms with Gasteiger partial charge in [-0.25, -0.2) is 4.98 Å². The summed E-state index contributed by atoms with van der Waals surface area (Å²) in [5, 5.41) is 3.88. The van der Waals surface area contributed by atoms with Crippen molar-refractivity contribution < 1.29 is 9.53 Å². The maximum Gasteiger partial charge on any atom is 0.255 e. The number of hydrogen-bond donors (Lipinski definition) is 1. The van der Waals surface area contributed by atoms with E-state index in [9.17, 15) is 4.79 Å². The zero-order valence-corrected chi connectivity index (χ0v) is 19.4. The molecule has 0 saturated carbocycles. The van der Waals surface area contributed by atoms with Crippen LogP contribution in [0.4, 0.5) is 5.69 Å². The number of ether oxygens (including phenoxy) is 1. The molecule has 1 heterocycles. The number of fused-ring (bicyclic) bond motifs is 1. The Morgan fingerprint density at radius 3 is 2.59 bits per heavy atom. The molecule has 4 aromatic rings. The van der Waals surface area contributed by atoms with E-state index in [1.165, 1.54) is 0 Å². The van der Waals surface area contributed by atoms with E-state index in [1.807, 2.05) is 43.3 Å². The number of para-hydroxylation sites is 1. The minimum absolute atomic E-state index is 0.196. The highest BCUT2D eigenvalue weighted by Gasteiger charge is 2.17. The van der Waals surface area contributed by atoms with Crippen LogP contribution in [0.5, 0.6) is 5.75 Å². The molecular formula is C22H16Br2N2O2S. The van der Waals surface area contributed by atoms with E-state index >= 15 is 0 Å². The topological polar surface area (TPSA) is 51.2 Å². The summed E-state index contributed by atoms with van der Waals surface area (Å²) in [5.74, 6) is 0.544. The lowest BCUT2D eigenvalue weighted by Gasteiger charge is -2.13. The third-order valence-electron chi connectivity index (χ3n) is 4.25. The molecule has 29 heavy (non-hydrogen) atoms. The lowest BCUT2D eigenvalue weighted by Crippen LogP contribution is -2.13. The minimum atomic E-state index is -0.196. The highest BCUT2D eigenvalue weighted by atomic mass is 79.9. The second-order valence-electron chi connectivity index (χ2n) is 6.21. The lowest BCUT2D eigenvalue weighted by molar-refractivity contribution is 0.102. The van der Waals surface area contributed by atoms with Gasteiger partial charge in [0.15, 0.2) is 0 Å². The first-order chi connectivity index (χ1) is 14.0. The van der Waals surface area contributed by atoms with Gasteiger partial charge in [-0.05, 0) is 71.4 Å². The maximum absolute atomic E-state index is 12.9. The van der Waals surface area contributed by atoms with Crippen LogP contribution in [-0.4, -0.2) is 17.5 Å². The van der Waals surface area contributed by atoms with Crippen LogP contribution in [0.1, 0.15) is 17.3 Å². The monoisotopic (exact) mass is 530 g/mol. The lowest BCUT2D eigenvalue weighted by atomic mass is 10.1. The van der Waals surface area contributed by atoms with Gasteiger partial charge in [0, 0.05) is 20.1 Å². The van der Waals surface area contributed by atoms with E-state index in [2.05, 4.69) is 37.2 Å². The number of anilines is 1. The number of halogens is 2. The van der Waals surface area contributed by atoms with E-state index in [-0.39, 0.29) is 5.91 Å². The van der Waals surface area contributed by atoms with Crippen LogP contribution in [0, 0.1) is 0 Å². The Bertz CT molecular complexity index is 1160. The van der Waals surface area contributed by atoms with Gasteiger partial charge in [-0.2, -0.15) is 0 Å². The van der Waals surface area contributed by atoms with Crippen LogP contribution in [0.25, 0.3) is 20.8 Å². The Balaban J connectivity index is 1.70. The van der Waals surface area contributed by atoms with Gasteiger partial charge in [0.2, 0.25) is 0 Å². The van der Waals surface area contributed by atoms with Crippen molar-refractivity contribution in [3.05, 3.63) is 75.2 Å². The summed E-state index contributed by atoms with van der Waals surface area (Å²) < 4.78 is 8.22. The van der Waals surface area contributed by atoms with Crippen LogP contribution < -0.4 is 10.1 Å². The molecule has 0 saturated heterocycles. The molecule has 4 rings (SSSR count). The first kappa shape index (κ1) is 20.1. The van der Waals surface area contributed by atoms with Crippen LogP contribution in [0.3, 0.4) is 0 Å². The number of nitrogens with zero attached hydrogens (tertiary/aromatic N) is 1. The van der Waals surface area contributed by atoms with Crippen LogP contribution >= 0.6 is 43.2 Å². The zero-order valence-electron chi connectivity index (χ0n) is 15.4. The Morgan fingerprint density at radius 2 is 1.86 bits per heavy atom.